The van der Waals surface area contributed by atoms with Gasteiger partial charge in [0, 0.05) is 0 Å². The molecule has 0 aromatic rings. The van der Waals surface area contributed by atoms with Gasteiger partial charge in [0.2, 0.25) is 0 Å². The summed E-state index contributed by atoms with van der Waals surface area (Å²) >= 11 is 0. The van der Waals surface area contributed by atoms with Crippen LogP contribution in [-0.2, 0) is 61.6 Å². The van der Waals surface area contributed by atoms with Gasteiger partial charge in [-0.1, -0.05) is 0 Å². The van der Waals surface area contributed by atoms with Gasteiger partial charge in [0.1, 0.15) is 171 Å². The zero-order valence-electron chi connectivity index (χ0n) is 40.8. The van der Waals surface area contributed by atoms with E-state index in [1.54, 1.807) is 0 Å². The van der Waals surface area contributed by atoms with E-state index < -0.39 is 261 Å². The molecule has 0 saturated carbocycles. The van der Waals surface area contributed by atoms with Crippen LogP contribution in [0.1, 0.15) is 0 Å². The third-order valence-electron chi connectivity index (χ3n) is 14.5. The molecule has 0 aromatic carbocycles. The van der Waals surface area contributed by atoms with E-state index in [4.69, 9.17) is 61.6 Å². The first-order valence-electron chi connectivity index (χ1n) is 24.7. The molecule has 7 rings (SSSR count). The summed E-state index contributed by atoms with van der Waals surface area (Å²) < 4.78 is 71.8. The molecule has 36 nitrogen and oxygen atoms in total. The van der Waals surface area contributed by atoms with Gasteiger partial charge in [0.05, 0.1) is 46.2 Å². The molecule has 0 aliphatic carbocycles. The van der Waals surface area contributed by atoms with E-state index in [2.05, 4.69) is 0 Å². The van der Waals surface area contributed by atoms with Crippen LogP contribution in [0.2, 0.25) is 0 Å². The number of hydrogen-bond donors (Lipinski definition) is 23. The highest BCUT2D eigenvalue weighted by molar-refractivity contribution is 5.01. The Morgan fingerprint density at radius 3 is 0.705 bits per heavy atom. The van der Waals surface area contributed by atoms with Gasteiger partial charge in [-0.25, -0.2) is 0 Å². The molecule has 7 heterocycles. The van der Waals surface area contributed by atoms with Crippen molar-refractivity contribution in [1.82, 2.24) is 0 Å². The summed E-state index contributed by atoms with van der Waals surface area (Å²) in [7, 11) is 0. The van der Waals surface area contributed by atoms with Crippen molar-refractivity contribution in [2.75, 3.05) is 46.2 Å². The first-order valence-corrected chi connectivity index (χ1v) is 24.7. The number of hydrogen-bond acceptors (Lipinski definition) is 36. The van der Waals surface area contributed by atoms with E-state index in [0.29, 0.717) is 0 Å². The minimum Gasteiger partial charge on any atom is -0.394 e. The van der Waals surface area contributed by atoms with E-state index in [0.717, 1.165) is 0 Å². The van der Waals surface area contributed by atoms with Gasteiger partial charge >= 0.3 is 0 Å². The Morgan fingerprint density at radius 2 is 0.410 bits per heavy atom. The van der Waals surface area contributed by atoms with Gasteiger partial charge in [-0.2, -0.15) is 0 Å². The van der Waals surface area contributed by atoms with E-state index >= 15 is 0 Å². The molecule has 0 bridgehead atoms. The molecule has 23 N–H and O–H groups in total. The maximum Gasteiger partial charge on any atom is 0.187 e. The van der Waals surface area contributed by atoms with Gasteiger partial charge in [-0.15, -0.1) is 0 Å². The lowest BCUT2D eigenvalue weighted by Crippen LogP contribution is -2.68. The normalized spacial score (nSPS) is 53.5. The topological polar surface area (TPSA) is 585 Å². The molecular weight excluding hydrogens is 1080 g/mol. The minimum atomic E-state index is -2.26. The van der Waals surface area contributed by atoms with Crippen molar-refractivity contribution >= 4 is 0 Å². The summed E-state index contributed by atoms with van der Waals surface area (Å²) in [6.07, 6.45) is -68.1. The molecule has 7 fully saturated rings. The predicted molar refractivity (Wildman–Crippen MR) is 232 cm³/mol. The maximum absolute atomic E-state index is 11.5. The minimum absolute atomic E-state index is 0.846. The quantitative estimate of drug-likeness (QED) is 0.0571. The molecule has 7 aliphatic heterocycles. The average Bonchev–Trinajstić information content (AvgIpc) is 3.44. The van der Waals surface area contributed by atoms with Gasteiger partial charge < -0.3 is 179 Å². The van der Waals surface area contributed by atoms with Crippen LogP contribution in [0.3, 0.4) is 0 Å². The molecule has 36 heteroatoms. The predicted octanol–water partition coefficient (Wildman–Crippen LogP) is -16.3. The zero-order valence-corrected chi connectivity index (χ0v) is 40.8. The van der Waals surface area contributed by atoms with Crippen LogP contribution in [-0.4, -0.2) is 379 Å². The lowest BCUT2D eigenvalue weighted by atomic mass is 9.95. The highest BCUT2D eigenvalue weighted by Gasteiger charge is 2.58. The molecule has 456 valence electrons. The third kappa shape index (κ3) is 12.9. The lowest BCUT2D eigenvalue weighted by Gasteiger charge is -2.50. The summed E-state index contributed by atoms with van der Waals surface area (Å²) in [6, 6.07) is 0. The average molecular weight is 1150 g/mol. The van der Waals surface area contributed by atoms with Crippen molar-refractivity contribution in [3.05, 3.63) is 0 Å². The summed E-state index contributed by atoms with van der Waals surface area (Å²) in [5.41, 5.74) is 0. The van der Waals surface area contributed by atoms with Crippen LogP contribution in [0, 0.1) is 0 Å². The zero-order chi connectivity index (χ0) is 57.3. The molecule has 0 amide bonds. The molecule has 0 aromatic heterocycles. The number of aliphatic hydroxyl groups excluding tert-OH is 23. The summed E-state index contributed by atoms with van der Waals surface area (Å²) in [5, 5.41) is 244. The number of rotatable bonds is 19. The summed E-state index contributed by atoms with van der Waals surface area (Å²) in [4.78, 5) is 0. The standard InChI is InChI=1S/C42H72O36/c43-1-8-15(50)18(53)23(58)37(67-8)73-30-11(4-46)69-38(24(59)19(30)54)75-32-13(6-48)72-41(27(62)22(32)57)78-35-17(52)10(3-45)68-42(29(35)64)76-33-14(7-49)70-39(25(60)20(33)55)74-31-12(5-47)71-40(26(61)21(31)56)77-34-16(51)9(2-44)66-36(65)28(34)63/h8-65H,1-7H2/t8-,9-,10-,11-,12-,13-,14-,15-,16-,17-,18+,19-,20-,21-,22-,23-,24-,25-,26-,27-,28-,29-,30-,31-,32-,33-,34+,35+,36?,37+,38+,39+,40+,41+,42+/m1/s1. The third-order valence-corrected chi connectivity index (χ3v) is 14.5. The van der Waals surface area contributed by atoms with Crippen molar-refractivity contribution in [1.29, 1.82) is 0 Å². The second kappa shape index (κ2) is 27.5. The Labute approximate surface area is 439 Å². The Balaban J connectivity index is 0.976. The largest absolute Gasteiger partial charge is 0.394 e. The highest BCUT2D eigenvalue weighted by atomic mass is 16.8. The van der Waals surface area contributed by atoms with Crippen LogP contribution < -0.4 is 0 Å². The fraction of sp³-hybridized carbons (Fsp3) is 1.00. The van der Waals surface area contributed by atoms with Crippen molar-refractivity contribution in [2.24, 2.45) is 0 Å². The van der Waals surface area contributed by atoms with Crippen LogP contribution in [0.15, 0.2) is 0 Å². The fourth-order valence-corrected chi connectivity index (χ4v) is 10.00. The van der Waals surface area contributed by atoms with Crippen LogP contribution in [0.25, 0.3) is 0 Å². The van der Waals surface area contributed by atoms with Crippen LogP contribution in [0.4, 0.5) is 0 Å². The first-order chi connectivity index (χ1) is 37.0. The van der Waals surface area contributed by atoms with Gasteiger partial charge in [0.25, 0.3) is 0 Å². The Morgan fingerprint density at radius 1 is 0.192 bits per heavy atom. The van der Waals surface area contributed by atoms with Crippen molar-refractivity contribution < 1.29 is 179 Å². The summed E-state index contributed by atoms with van der Waals surface area (Å²) in [5.74, 6) is 0. The van der Waals surface area contributed by atoms with Crippen LogP contribution in [0.5, 0.6) is 0 Å². The maximum atomic E-state index is 11.5. The van der Waals surface area contributed by atoms with Crippen molar-refractivity contribution in [2.45, 2.75) is 215 Å². The van der Waals surface area contributed by atoms with Crippen LogP contribution >= 0.6 is 0 Å². The van der Waals surface area contributed by atoms with Gasteiger partial charge in [-0.3, -0.25) is 0 Å². The molecule has 7 aliphatic rings. The van der Waals surface area contributed by atoms with Gasteiger partial charge in [-0.05, 0) is 0 Å². The molecule has 78 heavy (non-hydrogen) atoms. The molecule has 0 radical (unpaired) electrons. The lowest BCUT2D eigenvalue weighted by molar-refractivity contribution is -0.398. The highest BCUT2D eigenvalue weighted by Crippen LogP contribution is 2.38. The SMILES string of the molecule is OC[C@H]1O[C@@H](O[C@H]2[C@H](O)[C@@H](O)[C@H](O[C@H]3[C@H](O)[C@@H](O)[C@H](O[C@@H]4[C@@H](O)[C@H](O[C@H]5[C@H](O)[C@@H](O)[C@H](O[C@H]6[C@H](O)[C@@H](O)[C@H](O[C@H]7[C@H](O)[C@@H](CO)OC(O)[C@@H]7O)O[C@@H]6CO)O[C@@H]5CO)O[C@H](CO)[C@H]4O)O[C@@H]3CO)O[C@@H]2CO)[C@H](O)[C@@H](O)[C@@H]1O. The van der Waals surface area contributed by atoms with E-state index in [1.807, 2.05) is 0 Å². The molecular formula is C42H72O36. The number of aliphatic hydroxyl groups is 23. The van der Waals surface area contributed by atoms with E-state index in [-0.39, 0.29) is 0 Å². The molecule has 35 atom stereocenters. The Kier molecular flexibility index (Phi) is 22.6. The fourth-order valence-electron chi connectivity index (χ4n) is 10.00. The van der Waals surface area contributed by atoms with E-state index in [1.165, 1.54) is 0 Å². The second-order valence-electron chi connectivity index (χ2n) is 19.6. The van der Waals surface area contributed by atoms with Gasteiger partial charge in [0.15, 0.2) is 44.0 Å². The Hall–Kier alpha value is -1.44. The molecule has 1 unspecified atom stereocenters. The summed E-state index contributed by atoms with van der Waals surface area (Å²) in [6.45, 7) is -6.89. The first kappa shape index (κ1) is 64.1. The van der Waals surface area contributed by atoms with Crippen molar-refractivity contribution in [3.8, 4) is 0 Å². The smallest absolute Gasteiger partial charge is 0.187 e. The van der Waals surface area contributed by atoms with E-state index in [9.17, 15) is 117 Å². The monoisotopic (exact) mass is 1150 g/mol. The van der Waals surface area contributed by atoms with Crippen molar-refractivity contribution in [3.63, 3.8) is 0 Å². The molecule has 7 saturated heterocycles. The number of ether oxygens (including phenoxy) is 13. The Bertz CT molecular complexity index is 1810. The molecule has 0 spiro atoms. The second-order valence-corrected chi connectivity index (χ2v) is 19.6.